The van der Waals surface area contributed by atoms with E-state index in [0.717, 1.165) is 30.7 Å². The van der Waals surface area contributed by atoms with Crippen molar-refractivity contribution in [3.05, 3.63) is 0 Å². The normalized spacial score (nSPS) is 13.1. The minimum absolute atomic E-state index is 0.328. The molecule has 0 aliphatic heterocycles. The lowest BCUT2D eigenvalue weighted by molar-refractivity contribution is -0.936. The van der Waals surface area contributed by atoms with Crippen molar-refractivity contribution in [1.29, 1.82) is 0 Å². The second kappa shape index (κ2) is 8.10. The summed E-state index contributed by atoms with van der Waals surface area (Å²) >= 11 is 0. The molecule has 0 saturated heterocycles. The van der Waals surface area contributed by atoms with Crippen LogP contribution in [0.15, 0.2) is 0 Å². The smallest absolute Gasteiger partial charge is 0.0810 e. The molecular weight excluding hydrogens is 210 g/mol. The van der Waals surface area contributed by atoms with E-state index in [1.807, 2.05) is 0 Å². The van der Waals surface area contributed by atoms with Crippen molar-refractivity contribution in [2.75, 3.05) is 32.8 Å². The molecule has 2 heteroatoms. The lowest BCUT2D eigenvalue weighted by Crippen LogP contribution is -2.55. The average molecular weight is 244 g/mol. The lowest BCUT2D eigenvalue weighted by atomic mass is 10.0. The second-order valence-corrected chi connectivity index (χ2v) is 6.87. The van der Waals surface area contributed by atoms with Crippen LogP contribution in [0.5, 0.6) is 0 Å². The molecule has 0 heterocycles. The van der Waals surface area contributed by atoms with Gasteiger partial charge in [0, 0.05) is 30.8 Å². The summed E-state index contributed by atoms with van der Waals surface area (Å²) < 4.78 is 1.19. The molecule has 0 fully saturated rings. The summed E-state index contributed by atoms with van der Waals surface area (Å²) in [6, 6.07) is 0. The molecule has 0 atom stereocenters. The topological polar surface area (TPSA) is 20.2 Å². The van der Waals surface area contributed by atoms with Crippen molar-refractivity contribution in [1.82, 2.24) is 0 Å². The van der Waals surface area contributed by atoms with Gasteiger partial charge in [0.25, 0.3) is 0 Å². The van der Waals surface area contributed by atoms with Gasteiger partial charge in [-0.3, -0.25) is 0 Å². The van der Waals surface area contributed by atoms with E-state index in [1.54, 1.807) is 0 Å². The molecule has 0 amide bonds. The Labute approximate surface area is 109 Å². The summed E-state index contributed by atoms with van der Waals surface area (Å²) in [6.07, 6.45) is 0.937. The first-order valence-electron chi connectivity index (χ1n) is 7.27. The molecule has 0 rings (SSSR count). The highest BCUT2D eigenvalue weighted by molar-refractivity contribution is 4.55. The number of quaternary nitrogens is 1. The van der Waals surface area contributed by atoms with Crippen LogP contribution in [0.4, 0.5) is 0 Å². The summed E-state index contributed by atoms with van der Waals surface area (Å²) in [7, 11) is 0. The first kappa shape index (κ1) is 16.9. The molecule has 0 unspecified atom stereocenters. The van der Waals surface area contributed by atoms with Crippen molar-refractivity contribution >= 4 is 0 Å². The van der Waals surface area contributed by atoms with Crippen molar-refractivity contribution in [3.8, 4) is 0 Å². The Morgan fingerprint density at radius 1 is 0.765 bits per heavy atom. The highest BCUT2D eigenvalue weighted by Gasteiger charge is 2.29. The molecule has 0 aromatic rings. The predicted molar refractivity (Wildman–Crippen MR) is 75.9 cm³/mol. The van der Waals surface area contributed by atoms with Gasteiger partial charge in [-0.05, 0) is 0 Å². The van der Waals surface area contributed by atoms with Gasteiger partial charge in [-0.2, -0.15) is 0 Å². The Morgan fingerprint density at radius 3 is 1.35 bits per heavy atom. The van der Waals surface area contributed by atoms with E-state index in [2.05, 4.69) is 41.5 Å². The Morgan fingerprint density at radius 2 is 1.12 bits per heavy atom. The van der Waals surface area contributed by atoms with Crippen LogP contribution in [-0.4, -0.2) is 42.4 Å². The molecule has 0 saturated carbocycles. The van der Waals surface area contributed by atoms with Crippen LogP contribution in [-0.2, 0) is 0 Å². The van der Waals surface area contributed by atoms with Gasteiger partial charge in [0.1, 0.15) is 0 Å². The van der Waals surface area contributed by atoms with Crippen LogP contribution in [0.2, 0.25) is 0 Å². The van der Waals surface area contributed by atoms with Gasteiger partial charge in [0.2, 0.25) is 0 Å². The highest BCUT2D eigenvalue weighted by Crippen LogP contribution is 2.19. The number of aliphatic hydroxyl groups is 1. The van der Waals surface area contributed by atoms with Crippen LogP contribution in [0.3, 0.4) is 0 Å². The van der Waals surface area contributed by atoms with Gasteiger partial charge in [-0.25, -0.2) is 0 Å². The first-order valence-corrected chi connectivity index (χ1v) is 7.27. The molecule has 0 spiro atoms. The number of hydrogen-bond donors (Lipinski definition) is 1. The van der Waals surface area contributed by atoms with E-state index < -0.39 is 0 Å². The molecule has 0 aliphatic carbocycles. The van der Waals surface area contributed by atoms with E-state index >= 15 is 0 Å². The quantitative estimate of drug-likeness (QED) is 0.618. The number of aliphatic hydroxyl groups excluding tert-OH is 1. The van der Waals surface area contributed by atoms with Crippen molar-refractivity contribution in [3.63, 3.8) is 0 Å². The van der Waals surface area contributed by atoms with Gasteiger partial charge < -0.3 is 9.59 Å². The lowest BCUT2D eigenvalue weighted by Gasteiger charge is -2.42. The van der Waals surface area contributed by atoms with Crippen LogP contribution >= 0.6 is 0 Å². The molecule has 104 valence electrons. The van der Waals surface area contributed by atoms with Gasteiger partial charge in [0.05, 0.1) is 26.2 Å². The van der Waals surface area contributed by atoms with E-state index in [4.69, 9.17) is 5.11 Å². The Balaban J connectivity index is 4.76. The third kappa shape index (κ3) is 7.77. The minimum Gasteiger partial charge on any atom is -0.396 e. The van der Waals surface area contributed by atoms with Crippen LogP contribution in [0, 0.1) is 17.8 Å². The summed E-state index contributed by atoms with van der Waals surface area (Å²) in [4.78, 5) is 0. The Kier molecular flexibility index (Phi) is 8.06. The average Bonchev–Trinajstić information content (AvgIpc) is 2.11. The van der Waals surface area contributed by atoms with Crippen molar-refractivity contribution < 1.29 is 9.59 Å². The van der Waals surface area contributed by atoms with Crippen LogP contribution in [0.1, 0.15) is 48.0 Å². The molecule has 0 bridgehead atoms. The van der Waals surface area contributed by atoms with E-state index in [-0.39, 0.29) is 0 Å². The van der Waals surface area contributed by atoms with Gasteiger partial charge >= 0.3 is 0 Å². The van der Waals surface area contributed by atoms with Crippen LogP contribution < -0.4 is 0 Å². The summed E-state index contributed by atoms with van der Waals surface area (Å²) in [5, 5.41) is 9.12. The maximum atomic E-state index is 9.12. The van der Waals surface area contributed by atoms with E-state index in [9.17, 15) is 0 Å². The highest BCUT2D eigenvalue weighted by atomic mass is 16.3. The zero-order valence-corrected chi connectivity index (χ0v) is 12.9. The van der Waals surface area contributed by atoms with Gasteiger partial charge in [-0.15, -0.1) is 0 Å². The van der Waals surface area contributed by atoms with Crippen LogP contribution in [0.25, 0.3) is 0 Å². The standard InChI is InChI=1S/C15H34NO/c1-13(2)10-16(8-7-9-17,11-14(3)4)12-15(5)6/h13-15,17H,7-12H2,1-6H3/q+1. The summed E-state index contributed by atoms with van der Waals surface area (Å²) in [5.74, 6) is 2.18. The summed E-state index contributed by atoms with van der Waals surface area (Å²) in [5.41, 5.74) is 0. The molecule has 0 aromatic heterocycles. The molecular formula is C15H34NO+. The molecule has 0 aliphatic rings. The maximum Gasteiger partial charge on any atom is 0.0810 e. The zero-order chi connectivity index (χ0) is 13.5. The van der Waals surface area contributed by atoms with Gasteiger partial charge in [-0.1, -0.05) is 41.5 Å². The minimum atomic E-state index is 0.328. The third-order valence-electron chi connectivity index (χ3n) is 3.05. The van der Waals surface area contributed by atoms with Crippen molar-refractivity contribution in [2.45, 2.75) is 48.0 Å². The van der Waals surface area contributed by atoms with E-state index in [0.29, 0.717) is 6.61 Å². The summed E-state index contributed by atoms with van der Waals surface area (Å²) in [6.45, 7) is 19.1. The third-order valence-corrected chi connectivity index (χ3v) is 3.05. The van der Waals surface area contributed by atoms with E-state index in [1.165, 1.54) is 24.1 Å². The number of rotatable bonds is 9. The molecule has 0 aromatic carbocycles. The predicted octanol–water partition coefficient (Wildman–Crippen LogP) is 3.15. The fraction of sp³-hybridized carbons (Fsp3) is 1.00. The number of nitrogens with zero attached hydrogens (tertiary/aromatic N) is 1. The fourth-order valence-corrected chi connectivity index (χ4v) is 3.23. The largest absolute Gasteiger partial charge is 0.396 e. The zero-order valence-electron chi connectivity index (χ0n) is 12.9. The Hall–Kier alpha value is -0.0800. The monoisotopic (exact) mass is 244 g/mol. The SMILES string of the molecule is CC(C)C[N+](CCCO)(CC(C)C)CC(C)C. The fourth-order valence-electron chi connectivity index (χ4n) is 3.23. The maximum absolute atomic E-state index is 9.12. The van der Waals surface area contributed by atoms with Crippen molar-refractivity contribution in [2.24, 2.45) is 17.8 Å². The van der Waals surface area contributed by atoms with Gasteiger partial charge in [0.15, 0.2) is 0 Å². The Bertz CT molecular complexity index is 161. The second-order valence-electron chi connectivity index (χ2n) is 6.87. The molecule has 2 nitrogen and oxygen atoms in total. The number of hydrogen-bond acceptors (Lipinski definition) is 1. The molecule has 17 heavy (non-hydrogen) atoms. The molecule has 0 radical (unpaired) electrons. The molecule has 1 N–H and O–H groups in total. The first-order chi connectivity index (χ1) is 7.81.